The molecule has 0 fully saturated rings. The molecule has 0 saturated carbocycles. The van der Waals surface area contributed by atoms with E-state index >= 15 is 0 Å². The standard InChI is InChI=1S/C20H13ClN2O3/c21-14-6-8-15(9-7-14)26-17-5-1-4-16-18(17)20(25)23(19(16)24)12-13-3-2-10-22-11-13/h1-11H,12H2. The Morgan fingerprint density at radius 1 is 0.962 bits per heavy atom. The number of benzene rings is 2. The molecule has 2 amide bonds. The summed E-state index contributed by atoms with van der Waals surface area (Å²) in [6.07, 6.45) is 3.28. The summed E-state index contributed by atoms with van der Waals surface area (Å²) >= 11 is 5.88. The molecular weight excluding hydrogens is 352 g/mol. The van der Waals surface area contributed by atoms with Crippen LogP contribution in [0, 0.1) is 0 Å². The van der Waals surface area contributed by atoms with Gasteiger partial charge in [-0.2, -0.15) is 0 Å². The number of ether oxygens (including phenoxy) is 1. The van der Waals surface area contributed by atoms with Gasteiger partial charge in [-0.05, 0) is 48.0 Å². The monoisotopic (exact) mass is 364 g/mol. The number of halogens is 1. The van der Waals surface area contributed by atoms with Crippen LogP contribution in [0.1, 0.15) is 26.3 Å². The van der Waals surface area contributed by atoms with Crippen LogP contribution in [0.15, 0.2) is 67.0 Å². The van der Waals surface area contributed by atoms with E-state index in [4.69, 9.17) is 16.3 Å². The zero-order valence-corrected chi connectivity index (χ0v) is 14.3. The van der Waals surface area contributed by atoms with Crippen LogP contribution in [0.25, 0.3) is 0 Å². The Balaban J connectivity index is 1.66. The summed E-state index contributed by atoms with van der Waals surface area (Å²) < 4.78 is 5.82. The molecule has 3 aromatic rings. The second-order valence-electron chi connectivity index (χ2n) is 5.79. The Morgan fingerprint density at radius 3 is 2.50 bits per heavy atom. The zero-order valence-electron chi connectivity index (χ0n) is 13.6. The zero-order chi connectivity index (χ0) is 18.1. The number of fused-ring (bicyclic) bond motifs is 1. The van der Waals surface area contributed by atoms with Gasteiger partial charge in [0.15, 0.2) is 0 Å². The highest BCUT2D eigenvalue weighted by molar-refractivity contribution is 6.30. The number of pyridine rings is 1. The quantitative estimate of drug-likeness (QED) is 0.647. The first-order valence-electron chi connectivity index (χ1n) is 7.95. The van der Waals surface area contributed by atoms with Gasteiger partial charge in [0.2, 0.25) is 0 Å². The number of imide groups is 1. The van der Waals surface area contributed by atoms with Gasteiger partial charge < -0.3 is 4.74 Å². The van der Waals surface area contributed by atoms with Crippen LogP contribution >= 0.6 is 11.6 Å². The number of carbonyl (C=O) groups is 2. The minimum atomic E-state index is -0.376. The van der Waals surface area contributed by atoms with E-state index in [-0.39, 0.29) is 23.9 Å². The van der Waals surface area contributed by atoms with Gasteiger partial charge in [0, 0.05) is 17.4 Å². The molecule has 1 aliphatic rings. The van der Waals surface area contributed by atoms with E-state index in [2.05, 4.69) is 4.98 Å². The van der Waals surface area contributed by atoms with Gasteiger partial charge in [-0.25, -0.2) is 0 Å². The van der Waals surface area contributed by atoms with Crippen LogP contribution in [0.4, 0.5) is 0 Å². The number of rotatable bonds is 4. The number of aromatic nitrogens is 1. The highest BCUT2D eigenvalue weighted by atomic mass is 35.5. The van der Waals surface area contributed by atoms with Crippen molar-refractivity contribution < 1.29 is 14.3 Å². The first-order valence-corrected chi connectivity index (χ1v) is 8.33. The van der Waals surface area contributed by atoms with Crippen molar-refractivity contribution in [1.29, 1.82) is 0 Å². The van der Waals surface area contributed by atoms with Crippen LogP contribution in [-0.4, -0.2) is 21.7 Å². The van der Waals surface area contributed by atoms with Gasteiger partial charge in [-0.1, -0.05) is 23.7 Å². The second-order valence-corrected chi connectivity index (χ2v) is 6.23. The van der Waals surface area contributed by atoms with Crippen LogP contribution in [0.5, 0.6) is 11.5 Å². The summed E-state index contributed by atoms with van der Waals surface area (Å²) in [5.41, 5.74) is 1.39. The lowest BCUT2D eigenvalue weighted by Gasteiger charge is -2.13. The molecule has 0 aliphatic carbocycles. The minimum Gasteiger partial charge on any atom is -0.457 e. The number of hydrogen-bond donors (Lipinski definition) is 0. The Labute approximate surface area is 154 Å². The van der Waals surface area contributed by atoms with Crippen molar-refractivity contribution in [3.05, 3.63) is 88.7 Å². The molecule has 128 valence electrons. The van der Waals surface area contributed by atoms with E-state index in [1.807, 2.05) is 6.07 Å². The molecule has 26 heavy (non-hydrogen) atoms. The molecule has 5 nitrogen and oxygen atoms in total. The smallest absolute Gasteiger partial charge is 0.265 e. The third kappa shape index (κ3) is 2.93. The Morgan fingerprint density at radius 2 is 1.77 bits per heavy atom. The SMILES string of the molecule is O=C1c2cccc(Oc3ccc(Cl)cc3)c2C(=O)N1Cc1cccnc1. The fraction of sp³-hybridized carbons (Fsp3) is 0.0500. The van der Waals surface area contributed by atoms with Crippen LogP contribution in [-0.2, 0) is 6.54 Å². The molecule has 1 aliphatic heterocycles. The Bertz CT molecular complexity index is 988. The number of nitrogens with zero attached hydrogens (tertiary/aromatic N) is 2. The highest BCUT2D eigenvalue weighted by Crippen LogP contribution is 2.34. The molecule has 0 saturated heterocycles. The summed E-state index contributed by atoms with van der Waals surface area (Å²) in [6, 6.07) is 15.4. The normalized spacial score (nSPS) is 13.0. The van der Waals surface area contributed by atoms with Gasteiger partial charge in [-0.3, -0.25) is 19.5 Å². The van der Waals surface area contributed by atoms with Gasteiger partial charge in [0.1, 0.15) is 11.5 Å². The molecular formula is C20H13ClN2O3. The Hall–Kier alpha value is -3.18. The van der Waals surface area contributed by atoms with Gasteiger partial charge >= 0.3 is 0 Å². The molecule has 0 atom stereocenters. The number of hydrogen-bond acceptors (Lipinski definition) is 4. The van der Waals surface area contributed by atoms with Crippen LogP contribution < -0.4 is 4.74 Å². The van der Waals surface area contributed by atoms with Crippen molar-refractivity contribution in [2.45, 2.75) is 6.54 Å². The van der Waals surface area contributed by atoms with E-state index < -0.39 is 0 Å². The average Bonchev–Trinajstić information content (AvgIpc) is 2.90. The maximum absolute atomic E-state index is 12.9. The summed E-state index contributed by atoms with van der Waals surface area (Å²) in [6.45, 7) is 0.167. The van der Waals surface area contributed by atoms with Crippen molar-refractivity contribution in [3.8, 4) is 11.5 Å². The minimum absolute atomic E-state index is 0.167. The predicted octanol–water partition coefficient (Wildman–Crippen LogP) is 4.32. The third-order valence-corrected chi connectivity index (χ3v) is 4.32. The topological polar surface area (TPSA) is 59.5 Å². The van der Waals surface area contributed by atoms with Crippen molar-refractivity contribution in [3.63, 3.8) is 0 Å². The van der Waals surface area contributed by atoms with Gasteiger partial charge in [0.05, 0.1) is 17.7 Å². The van der Waals surface area contributed by atoms with Crippen molar-refractivity contribution in [2.24, 2.45) is 0 Å². The Kier molecular flexibility index (Phi) is 4.14. The van der Waals surface area contributed by atoms with Crippen molar-refractivity contribution in [1.82, 2.24) is 9.88 Å². The molecule has 2 heterocycles. The lowest BCUT2D eigenvalue weighted by Crippen LogP contribution is -2.29. The van der Waals surface area contributed by atoms with Gasteiger partial charge in [0.25, 0.3) is 11.8 Å². The summed E-state index contributed by atoms with van der Waals surface area (Å²) in [5, 5.41) is 0.588. The molecule has 6 heteroatoms. The van der Waals surface area contributed by atoms with E-state index in [1.54, 1.807) is 60.9 Å². The van der Waals surface area contributed by atoms with Gasteiger partial charge in [-0.15, -0.1) is 0 Å². The average molecular weight is 365 g/mol. The second kappa shape index (κ2) is 6.61. The van der Waals surface area contributed by atoms with E-state index in [9.17, 15) is 9.59 Å². The predicted molar refractivity (Wildman–Crippen MR) is 96.4 cm³/mol. The van der Waals surface area contributed by atoms with Crippen molar-refractivity contribution >= 4 is 23.4 Å². The third-order valence-electron chi connectivity index (χ3n) is 4.07. The molecule has 0 unspecified atom stereocenters. The maximum Gasteiger partial charge on any atom is 0.265 e. The molecule has 0 radical (unpaired) electrons. The summed E-state index contributed by atoms with van der Waals surface area (Å²) in [7, 11) is 0. The molecule has 4 rings (SSSR count). The lowest BCUT2D eigenvalue weighted by atomic mass is 10.1. The molecule has 0 N–H and O–H groups in total. The first-order chi connectivity index (χ1) is 12.6. The maximum atomic E-state index is 12.9. The molecule has 0 bridgehead atoms. The van der Waals surface area contributed by atoms with E-state index in [0.29, 0.717) is 22.1 Å². The molecule has 1 aromatic heterocycles. The number of carbonyl (C=O) groups excluding carboxylic acids is 2. The fourth-order valence-electron chi connectivity index (χ4n) is 2.84. The number of amides is 2. The first kappa shape index (κ1) is 16.3. The summed E-state index contributed by atoms with van der Waals surface area (Å²) in [5.74, 6) is 0.166. The lowest BCUT2D eigenvalue weighted by molar-refractivity contribution is 0.0641. The largest absolute Gasteiger partial charge is 0.457 e. The van der Waals surface area contributed by atoms with Crippen LogP contribution in [0.2, 0.25) is 5.02 Å². The summed E-state index contributed by atoms with van der Waals surface area (Å²) in [4.78, 5) is 30.8. The fourth-order valence-corrected chi connectivity index (χ4v) is 2.96. The highest BCUT2D eigenvalue weighted by Gasteiger charge is 2.38. The van der Waals surface area contributed by atoms with E-state index in [0.717, 1.165) is 5.56 Å². The van der Waals surface area contributed by atoms with E-state index in [1.165, 1.54) is 4.90 Å². The molecule has 2 aromatic carbocycles. The van der Waals surface area contributed by atoms with Crippen molar-refractivity contribution in [2.75, 3.05) is 0 Å². The molecule has 0 spiro atoms. The van der Waals surface area contributed by atoms with Crippen LogP contribution in [0.3, 0.4) is 0 Å².